The monoisotopic (exact) mass is 289 g/mol. The first-order valence-electron chi connectivity index (χ1n) is 8.10. The first-order valence-corrected chi connectivity index (χ1v) is 8.10. The topological polar surface area (TPSA) is 36.5 Å². The summed E-state index contributed by atoms with van der Waals surface area (Å²) in [4.78, 5) is 2.49. The largest absolute Gasteiger partial charge is 0.493 e. The summed E-state index contributed by atoms with van der Waals surface area (Å²) in [5.41, 5.74) is 7.93. The molecule has 4 heteroatoms. The van der Waals surface area contributed by atoms with Gasteiger partial charge in [0.2, 0.25) is 0 Å². The third-order valence-electron chi connectivity index (χ3n) is 4.78. The molecule has 3 atom stereocenters. The van der Waals surface area contributed by atoms with Gasteiger partial charge in [-0.3, -0.25) is 10.9 Å². The van der Waals surface area contributed by atoms with Crippen molar-refractivity contribution in [2.75, 3.05) is 33.3 Å². The molecule has 1 aromatic rings. The van der Waals surface area contributed by atoms with Crippen LogP contribution in [0, 0.1) is 11.8 Å². The predicted molar refractivity (Wildman–Crippen MR) is 85.3 cm³/mol. The van der Waals surface area contributed by atoms with Gasteiger partial charge in [0.15, 0.2) is 0 Å². The number of para-hydroxylation sites is 1. The van der Waals surface area contributed by atoms with E-state index in [0.717, 1.165) is 44.8 Å². The molecule has 0 amide bonds. The minimum absolute atomic E-state index is 0.561. The Morgan fingerprint density at radius 3 is 2.95 bits per heavy atom. The zero-order valence-electron chi connectivity index (χ0n) is 13.1. The van der Waals surface area contributed by atoms with Gasteiger partial charge in [0, 0.05) is 31.6 Å². The van der Waals surface area contributed by atoms with Crippen molar-refractivity contribution in [3.05, 3.63) is 29.8 Å². The van der Waals surface area contributed by atoms with E-state index >= 15 is 0 Å². The van der Waals surface area contributed by atoms with Crippen LogP contribution in [-0.4, -0.2) is 44.2 Å². The molecule has 116 valence electrons. The summed E-state index contributed by atoms with van der Waals surface area (Å²) < 4.78 is 5.87. The average molecular weight is 289 g/mol. The highest BCUT2D eigenvalue weighted by Crippen LogP contribution is 2.27. The molecule has 3 rings (SSSR count). The van der Waals surface area contributed by atoms with Crippen LogP contribution in [0.5, 0.6) is 5.75 Å². The van der Waals surface area contributed by atoms with E-state index in [1.54, 1.807) is 0 Å². The number of fused-ring (bicyclic) bond motifs is 1. The van der Waals surface area contributed by atoms with Gasteiger partial charge < -0.3 is 9.64 Å². The highest BCUT2D eigenvalue weighted by atomic mass is 16.5. The van der Waals surface area contributed by atoms with Gasteiger partial charge in [-0.1, -0.05) is 18.2 Å². The number of benzene rings is 1. The maximum Gasteiger partial charge on any atom is 0.122 e. The van der Waals surface area contributed by atoms with Crippen molar-refractivity contribution in [1.29, 1.82) is 0 Å². The van der Waals surface area contributed by atoms with Gasteiger partial charge >= 0.3 is 0 Å². The van der Waals surface area contributed by atoms with E-state index in [-0.39, 0.29) is 0 Å². The van der Waals surface area contributed by atoms with Gasteiger partial charge in [-0.05, 0) is 44.4 Å². The van der Waals surface area contributed by atoms with Gasteiger partial charge in [0.1, 0.15) is 5.75 Å². The minimum Gasteiger partial charge on any atom is -0.493 e. The second-order valence-electron chi connectivity index (χ2n) is 6.61. The Labute approximate surface area is 127 Å². The molecule has 2 heterocycles. The summed E-state index contributed by atoms with van der Waals surface area (Å²) in [6, 6.07) is 9.05. The second kappa shape index (κ2) is 6.77. The van der Waals surface area contributed by atoms with Crippen LogP contribution in [0.15, 0.2) is 24.3 Å². The Morgan fingerprint density at radius 2 is 2.14 bits per heavy atom. The van der Waals surface area contributed by atoms with E-state index < -0.39 is 0 Å². The van der Waals surface area contributed by atoms with Crippen molar-refractivity contribution in [2.45, 2.75) is 25.8 Å². The van der Waals surface area contributed by atoms with E-state index in [9.17, 15) is 0 Å². The van der Waals surface area contributed by atoms with Crippen molar-refractivity contribution >= 4 is 0 Å². The van der Waals surface area contributed by atoms with Gasteiger partial charge in [-0.15, -0.1) is 0 Å². The van der Waals surface area contributed by atoms with Crippen LogP contribution in [0.1, 0.15) is 18.9 Å². The fourth-order valence-electron chi connectivity index (χ4n) is 3.50. The Kier molecular flexibility index (Phi) is 4.78. The molecule has 2 aliphatic heterocycles. The molecule has 21 heavy (non-hydrogen) atoms. The van der Waals surface area contributed by atoms with Crippen LogP contribution in [0.3, 0.4) is 0 Å². The lowest BCUT2D eigenvalue weighted by molar-refractivity contribution is 0.215. The van der Waals surface area contributed by atoms with Crippen LogP contribution in [0.2, 0.25) is 0 Å². The number of hydrogen-bond acceptors (Lipinski definition) is 4. The zero-order chi connectivity index (χ0) is 14.7. The van der Waals surface area contributed by atoms with E-state index in [2.05, 4.69) is 54.0 Å². The molecule has 0 spiro atoms. The van der Waals surface area contributed by atoms with E-state index in [1.807, 2.05) is 0 Å². The Balaban J connectivity index is 1.55. The standard InChI is InChI=1S/C17H27N3O/c1-13-16(10-18-19-13)12-20(2)11-14-7-8-21-17-6-4-3-5-15(17)9-14/h3-6,13-14,16,18-19H,7-12H2,1-2H3. The lowest BCUT2D eigenvalue weighted by atomic mass is 9.95. The van der Waals surface area contributed by atoms with Crippen LogP contribution in [-0.2, 0) is 6.42 Å². The molecule has 0 radical (unpaired) electrons. The molecular formula is C17H27N3O. The summed E-state index contributed by atoms with van der Waals surface area (Å²) in [5, 5.41) is 0. The minimum atomic E-state index is 0.561. The number of ether oxygens (including phenoxy) is 1. The van der Waals surface area contributed by atoms with Crippen LogP contribution in [0.4, 0.5) is 0 Å². The maximum atomic E-state index is 5.87. The fourth-order valence-corrected chi connectivity index (χ4v) is 3.50. The lowest BCUT2D eigenvalue weighted by Gasteiger charge is -2.26. The normalized spacial score (nSPS) is 29.0. The molecule has 3 unspecified atom stereocenters. The van der Waals surface area contributed by atoms with Gasteiger partial charge in [0.05, 0.1) is 6.61 Å². The highest BCUT2D eigenvalue weighted by molar-refractivity contribution is 5.34. The molecule has 2 aliphatic rings. The molecule has 1 saturated heterocycles. The first kappa shape index (κ1) is 14.8. The summed E-state index contributed by atoms with van der Waals surface area (Å²) in [6.45, 7) is 6.48. The summed E-state index contributed by atoms with van der Waals surface area (Å²) in [5.74, 6) is 2.47. The molecule has 4 nitrogen and oxygen atoms in total. The Bertz CT molecular complexity index is 465. The summed E-state index contributed by atoms with van der Waals surface area (Å²) in [6.07, 6.45) is 2.28. The maximum absolute atomic E-state index is 5.87. The molecule has 0 saturated carbocycles. The summed E-state index contributed by atoms with van der Waals surface area (Å²) >= 11 is 0. The number of rotatable bonds is 4. The third-order valence-corrected chi connectivity index (χ3v) is 4.78. The van der Waals surface area contributed by atoms with Crippen LogP contribution < -0.4 is 15.6 Å². The number of hydrogen-bond donors (Lipinski definition) is 2. The lowest BCUT2D eigenvalue weighted by Crippen LogP contribution is -2.36. The predicted octanol–water partition coefficient (Wildman–Crippen LogP) is 1.67. The zero-order valence-corrected chi connectivity index (χ0v) is 13.1. The molecular weight excluding hydrogens is 262 g/mol. The molecule has 1 aromatic carbocycles. The number of nitrogens with zero attached hydrogens (tertiary/aromatic N) is 1. The van der Waals surface area contributed by atoms with Gasteiger partial charge in [-0.25, -0.2) is 0 Å². The van der Waals surface area contributed by atoms with Crippen LogP contribution in [0.25, 0.3) is 0 Å². The smallest absolute Gasteiger partial charge is 0.122 e. The number of hydrazine groups is 1. The number of nitrogens with one attached hydrogen (secondary N) is 2. The molecule has 0 aliphatic carbocycles. The van der Waals surface area contributed by atoms with Crippen LogP contribution >= 0.6 is 0 Å². The fraction of sp³-hybridized carbons (Fsp3) is 0.647. The summed E-state index contributed by atoms with van der Waals surface area (Å²) in [7, 11) is 2.25. The Morgan fingerprint density at radius 1 is 1.29 bits per heavy atom. The Hall–Kier alpha value is -1.10. The van der Waals surface area contributed by atoms with E-state index in [0.29, 0.717) is 17.9 Å². The van der Waals surface area contributed by atoms with E-state index in [1.165, 1.54) is 5.56 Å². The average Bonchev–Trinajstić information content (AvgIpc) is 2.75. The van der Waals surface area contributed by atoms with Gasteiger partial charge in [-0.2, -0.15) is 0 Å². The van der Waals surface area contributed by atoms with Crippen molar-refractivity contribution in [3.8, 4) is 5.75 Å². The molecule has 2 N–H and O–H groups in total. The molecule has 0 bridgehead atoms. The highest BCUT2D eigenvalue weighted by Gasteiger charge is 2.25. The van der Waals surface area contributed by atoms with Crippen molar-refractivity contribution in [1.82, 2.24) is 15.8 Å². The van der Waals surface area contributed by atoms with Crippen molar-refractivity contribution in [3.63, 3.8) is 0 Å². The van der Waals surface area contributed by atoms with Crippen molar-refractivity contribution in [2.24, 2.45) is 11.8 Å². The SMILES string of the molecule is CC1NNCC1CN(C)CC1CCOc2ccccc2C1. The van der Waals surface area contributed by atoms with E-state index in [4.69, 9.17) is 4.74 Å². The molecule has 1 fully saturated rings. The first-order chi connectivity index (χ1) is 10.2. The quantitative estimate of drug-likeness (QED) is 0.884. The van der Waals surface area contributed by atoms with Gasteiger partial charge in [0.25, 0.3) is 0 Å². The van der Waals surface area contributed by atoms with Crippen molar-refractivity contribution < 1.29 is 4.74 Å². The third kappa shape index (κ3) is 3.76. The molecule has 0 aromatic heterocycles. The second-order valence-corrected chi connectivity index (χ2v) is 6.61.